The third-order valence-electron chi connectivity index (χ3n) is 3.94. The van der Waals surface area contributed by atoms with Crippen LogP contribution in [0.3, 0.4) is 0 Å². The summed E-state index contributed by atoms with van der Waals surface area (Å²) in [5.41, 5.74) is 0.132. The number of piperidine rings is 1. The van der Waals surface area contributed by atoms with Crippen molar-refractivity contribution in [3.63, 3.8) is 0 Å². The second-order valence-corrected chi connectivity index (χ2v) is 5.46. The van der Waals surface area contributed by atoms with E-state index in [1.54, 1.807) is 0 Å². The summed E-state index contributed by atoms with van der Waals surface area (Å²) in [5.74, 6) is 1.03. The lowest BCUT2D eigenvalue weighted by molar-refractivity contribution is -0.137. The zero-order valence-electron chi connectivity index (χ0n) is 11.5. The number of hydrogen-bond acceptors (Lipinski definition) is 3. The van der Waals surface area contributed by atoms with E-state index in [1.807, 2.05) is 0 Å². The second-order valence-electron chi connectivity index (χ2n) is 5.46. The zero-order valence-corrected chi connectivity index (χ0v) is 11.5. The van der Waals surface area contributed by atoms with Crippen LogP contribution in [0.15, 0.2) is 29.3 Å². The van der Waals surface area contributed by atoms with Crippen molar-refractivity contribution in [1.82, 2.24) is 5.32 Å². The Morgan fingerprint density at radius 2 is 1.95 bits per heavy atom. The van der Waals surface area contributed by atoms with Gasteiger partial charge in [0, 0.05) is 12.5 Å². The summed E-state index contributed by atoms with van der Waals surface area (Å²) < 4.78 is 43.3. The van der Waals surface area contributed by atoms with Crippen LogP contribution in [0.25, 0.3) is 0 Å². The summed E-state index contributed by atoms with van der Waals surface area (Å²) in [6.45, 7) is 2.29. The first-order valence-corrected chi connectivity index (χ1v) is 7.12. The lowest BCUT2D eigenvalue weighted by atomic mass is 9.99. The number of hydrogen-bond donors (Lipinski definition) is 1. The number of aliphatic imine (C=N–C) groups is 1. The van der Waals surface area contributed by atoms with Crippen LogP contribution in [0, 0.1) is 5.92 Å². The van der Waals surface area contributed by atoms with Crippen molar-refractivity contribution in [3.8, 4) is 0 Å². The van der Waals surface area contributed by atoms with E-state index in [1.165, 1.54) is 12.1 Å². The number of rotatable bonds is 2. The lowest BCUT2D eigenvalue weighted by Crippen LogP contribution is -2.34. The maximum Gasteiger partial charge on any atom is 0.416 e. The first-order chi connectivity index (χ1) is 10.0. The number of benzene rings is 1. The van der Waals surface area contributed by atoms with Crippen LogP contribution in [-0.2, 0) is 10.9 Å². The molecule has 3 nitrogen and oxygen atoms in total. The first kappa shape index (κ1) is 14.4. The molecule has 21 heavy (non-hydrogen) atoms. The van der Waals surface area contributed by atoms with Gasteiger partial charge in [-0.2, -0.15) is 13.2 Å². The molecule has 0 aromatic heterocycles. The minimum Gasteiger partial charge on any atom is -0.478 e. The van der Waals surface area contributed by atoms with Gasteiger partial charge in [0.15, 0.2) is 5.90 Å². The Morgan fingerprint density at radius 3 is 2.57 bits per heavy atom. The van der Waals surface area contributed by atoms with Gasteiger partial charge in [0.05, 0.1) is 5.56 Å². The largest absolute Gasteiger partial charge is 0.478 e. The Labute approximate surface area is 121 Å². The van der Waals surface area contributed by atoms with Crippen molar-refractivity contribution >= 4 is 5.90 Å². The fourth-order valence-corrected chi connectivity index (χ4v) is 2.74. The quantitative estimate of drug-likeness (QED) is 0.910. The van der Waals surface area contributed by atoms with E-state index in [9.17, 15) is 13.2 Å². The molecule has 0 radical (unpaired) electrons. The van der Waals surface area contributed by atoms with Gasteiger partial charge in [0.25, 0.3) is 0 Å². The number of ether oxygens (including phenoxy) is 1. The molecule has 1 aromatic carbocycles. The lowest BCUT2D eigenvalue weighted by Gasteiger charge is -2.21. The average molecular weight is 298 g/mol. The SMILES string of the molecule is FC(F)(F)c1ccc(C2COC(C3CCCNC3)=N2)cc1. The van der Waals surface area contributed by atoms with Crippen LogP contribution in [0.2, 0.25) is 0 Å². The summed E-state index contributed by atoms with van der Waals surface area (Å²) in [6.07, 6.45) is -2.16. The van der Waals surface area contributed by atoms with Gasteiger partial charge in [-0.1, -0.05) is 12.1 Å². The topological polar surface area (TPSA) is 33.6 Å². The van der Waals surface area contributed by atoms with Crippen molar-refractivity contribution in [2.45, 2.75) is 25.1 Å². The molecule has 1 saturated heterocycles. The highest BCUT2D eigenvalue weighted by Crippen LogP contribution is 2.32. The zero-order chi connectivity index (χ0) is 14.9. The molecule has 2 aliphatic heterocycles. The third kappa shape index (κ3) is 3.20. The third-order valence-corrected chi connectivity index (χ3v) is 3.94. The number of alkyl halides is 3. The molecule has 3 rings (SSSR count). The van der Waals surface area contributed by atoms with E-state index in [-0.39, 0.29) is 12.0 Å². The molecule has 114 valence electrons. The van der Waals surface area contributed by atoms with Crippen molar-refractivity contribution in [2.75, 3.05) is 19.7 Å². The molecule has 2 atom stereocenters. The molecule has 0 bridgehead atoms. The van der Waals surface area contributed by atoms with Gasteiger partial charge in [-0.25, -0.2) is 4.99 Å². The fraction of sp³-hybridized carbons (Fsp3) is 0.533. The molecular weight excluding hydrogens is 281 g/mol. The summed E-state index contributed by atoms with van der Waals surface area (Å²) in [6, 6.07) is 4.99. The molecule has 1 fully saturated rings. The minimum absolute atomic E-state index is 0.191. The number of halogens is 3. The van der Waals surface area contributed by atoms with Gasteiger partial charge in [-0.15, -0.1) is 0 Å². The van der Waals surface area contributed by atoms with Gasteiger partial charge in [0.1, 0.15) is 12.6 Å². The molecule has 2 heterocycles. The van der Waals surface area contributed by atoms with Crippen LogP contribution < -0.4 is 5.32 Å². The summed E-state index contributed by atoms with van der Waals surface area (Å²) in [5, 5.41) is 3.30. The smallest absolute Gasteiger partial charge is 0.416 e. The van der Waals surface area contributed by atoms with E-state index >= 15 is 0 Å². The highest BCUT2D eigenvalue weighted by atomic mass is 19.4. The normalized spacial score (nSPS) is 26.3. The molecule has 0 saturated carbocycles. The van der Waals surface area contributed by atoms with Gasteiger partial charge < -0.3 is 10.1 Å². The van der Waals surface area contributed by atoms with Gasteiger partial charge in [0.2, 0.25) is 0 Å². The van der Waals surface area contributed by atoms with Crippen molar-refractivity contribution in [1.29, 1.82) is 0 Å². The Bertz CT molecular complexity index is 519. The van der Waals surface area contributed by atoms with Crippen molar-refractivity contribution in [3.05, 3.63) is 35.4 Å². The molecule has 2 aliphatic rings. The predicted molar refractivity (Wildman–Crippen MR) is 73.2 cm³/mol. The molecule has 6 heteroatoms. The molecule has 0 aliphatic carbocycles. The predicted octanol–water partition coefficient (Wildman–Crippen LogP) is 3.17. The minimum atomic E-state index is -4.30. The molecule has 1 aromatic rings. The van der Waals surface area contributed by atoms with Crippen LogP contribution in [-0.4, -0.2) is 25.6 Å². The summed E-state index contributed by atoms with van der Waals surface area (Å²) in [4.78, 5) is 4.55. The summed E-state index contributed by atoms with van der Waals surface area (Å²) >= 11 is 0. The Hall–Kier alpha value is -1.56. The second kappa shape index (κ2) is 5.67. The Balaban J connectivity index is 1.71. The van der Waals surface area contributed by atoms with E-state index in [4.69, 9.17) is 4.74 Å². The maximum absolute atomic E-state index is 12.5. The van der Waals surface area contributed by atoms with Gasteiger partial charge in [-0.3, -0.25) is 0 Å². The highest BCUT2D eigenvalue weighted by Gasteiger charge is 2.31. The molecular formula is C15H17F3N2O. The monoisotopic (exact) mass is 298 g/mol. The van der Waals surface area contributed by atoms with Gasteiger partial charge >= 0.3 is 6.18 Å². The van der Waals surface area contributed by atoms with Crippen LogP contribution in [0.4, 0.5) is 13.2 Å². The Kier molecular flexibility index (Phi) is 3.89. The maximum atomic E-state index is 12.5. The highest BCUT2D eigenvalue weighted by molar-refractivity contribution is 5.80. The first-order valence-electron chi connectivity index (χ1n) is 7.12. The Morgan fingerprint density at radius 1 is 1.19 bits per heavy atom. The standard InChI is InChI=1S/C15H17F3N2O/c16-15(17,18)12-5-3-10(4-6-12)13-9-21-14(20-13)11-2-1-7-19-8-11/h3-6,11,13,19H,1-2,7-9H2. The van der Waals surface area contributed by atoms with E-state index in [0.29, 0.717) is 6.61 Å². The van der Waals surface area contributed by atoms with E-state index in [2.05, 4.69) is 10.3 Å². The summed E-state index contributed by atoms with van der Waals surface area (Å²) in [7, 11) is 0. The average Bonchev–Trinajstić information content (AvgIpc) is 2.97. The van der Waals surface area contributed by atoms with E-state index in [0.717, 1.165) is 49.5 Å². The molecule has 0 amide bonds. The number of nitrogens with one attached hydrogen (secondary N) is 1. The fourth-order valence-electron chi connectivity index (χ4n) is 2.74. The molecule has 2 unspecified atom stereocenters. The van der Waals surface area contributed by atoms with Gasteiger partial charge in [-0.05, 0) is 37.1 Å². The van der Waals surface area contributed by atoms with Crippen molar-refractivity contribution < 1.29 is 17.9 Å². The molecule has 0 spiro atoms. The van der Waals surface area contributed by atoms with E-state index < -0.39 is 11.7 Å². The van der Waals surface area contributed by atoms with Crippen LogP contribution >= 0.6 is 0 Å². The van der Waals surface area contributed by atoms with Crippen LogP contribution in [0.1, 0.15) is 30.0 Å². The van der Waals surface area contributed by atoms with Crippen LogP contribution in [0.5, 0.6) is 0 Å². The molecule has 1 N–H and O–H groups in total. The van der Waals surface area contributed by atoms with Crippen molar-refractivity contribution in [2.24, 2.45) is 10.9 Å². The number of nitrogens with zero attached hydrogens (tertiary/aromatic N) is 1.